The highest BCUT2D eigenvalue weighted by molar-refractivity contribution is 7.89. The summed E-state index contributed by atoms with van der Waals surface area (Å²) in [6.07, 6.45) is 4.21. The summed E-state index contributed by atoms with van der Waals surface area (Å²) in [6.45, 7) is 2.99. The van der Waals surface area contributed by atoms with Crippen molar-refractivity contribution >= 4 is 32.0 Å². The SMILES string of the molecule is O=S(=O)(NCCCN1CCC(c2noc3cc(F)ccc23)CC1)c1cc2cccnc2[nH]1. The molecule has 1 aliphatic rings. The number of aromatic nitrogens is 3. The molecule has 1 aromatic carbocycles. The van der Waals surface area contributed by atoms with Crippen molar-refractivity contribution in [1.29, 1.82) is 0 Å². The first-order valence-corrected chi connectivity index (χ1v) is 12.2. The molecule has 1 saturated heterocycles. The Labute approximate surface area is 184 Å². The van der Waals surface area contributed by atoms with Crippen LogP contribution in [0.5, 0.6) is 0 Å². The molecule has 168 valence electrons. The van der Waals surface area contributed by atoms with E-state index in [1.165, 1.54) is 12.1 Å². The van der Waals surface area contributed by atoms with Crippen molar-refractivity contribution in [3.8, 4) is 0 Å². The minimum Gasteiger partial charge on any atom is -0.356 e. The monoisotopic (exact) mass is 457 g/mol. The van der Waals surface area contributed by atoms with Gasteiger partial charge < -0.3 is 14.4 Å². The lowest BCUT2D eigenvalue weighted by Crippen LogP contribution is -2.35. The molecule has 2 N–H and O–H groups in total. The van der Waals surface area contributed by atoms with Crippen molar-refractivity contribution in [2.24, 2.45) is 0 Å². The molecular formula is C22H24FN5O3S. The van der Waals surface area contributed by atoms with Crippen molar-refractivity contribution < 1.29 is 17.3 Å². The number of benzene rings is 1. The number of rotatable bonds is 7. The zero-order valence-electron chi connectivity index (χ0n) is 17.4. The van der Waals surface area contributed by atoms with Crippen molar-refractivity contribution in [3.05, 3.63) is 54.1 Å². The van der Waals surface area contributed by atoms with E-state index in [1.807, 2.05) is 6.07 Å². The van der Waals surface area contributed by atoms with E-state index in [4.69, 9.17) is 4.52 Å². The molecule has 0 amide bonds. The molecular weight excluding hydrogens is 433 g/mol. The Morgan fingerprint density at radius 3 is 2.88 bits per heavy atom. The third-order valence-electron chi connectivity index (χ3n) is 6.04. The summed E-state index contributed by atoms with van der Waals surface area (Å²) >= 11 is 0. The van der Waals surface area contributed by atoms with Gasteiger partial charge in [-0.3, -0.25) is 0 Å². The average Bonchev–Trinajstić information content (AvgIpc) is 3.42. The number of hydrogen-bond acceptors (Lipinski definition) is 6. The fourth-order valence-corrected chi connectivity index (χ4v) is 5.40. The van der Waals surface area contributed by atoms with Crippen LogP contribution in [-0.2, 0) is 10.0 Å². The Bertz CT molecular complexity index is 1310. The van der Waals surface area contributed by atoms with E-state index in [2.05, 4.69) is 24.7 Å². The van der Waals surface area contributed by atoms with Crippen LogP contribution in [0.15, 0.2) is 52.1 Å². The van der Waals surface area contributed by atoms with Gasteiger partial charge in [-0.1, -0.05) is 5.16 Å². The number of likely N-dealkylation sites (tertiary alicyclic amines) is 1. The number of hydrogen-bond donors (Lipinski definition) is 2. The molecule has 0 saturated carbocycles. The molecule has 0 bridgehead atoms. The minimum atomic E-state index is -3.60. The number of halogens is 1. The second-order valence-electron chi connectivity index (χ2n) is 8.15. The van der Waals surface area contributed by atoms with E-state index in [-0.39, 0.29) is 16.8 Å². The summed E-state index contributed by atoms with van der Waals surface area (Å²) < 4.78 is 46.4. The molecule has 3 aromatic heterocycles. The number of sulfonamides is 1. The van der Waals surface area contributed by atoms with Crippen LogP contribution in [0, 0.1) is 5.82 Å². The van der Waals surface area contributed by atoms with E-state index in [0.717, 1.165) is 48.9 Å². The van der Waals surface area contributed by atoms with Gasteiger partial charge in [0.25, 0.3) is 10.0 Å². The number of piperidine rings is 1. The topological polar surface area (TPSA) is 104 Å². The molecule has 4 heterocycles. The highest BCUT2D eigenvalue weighted by Gasteiger charge is 2.25. The minimum absolute atomic E-state index is 0.131. The molecule has 8 nitrogen and oxygen atoms in total. The van der Waals surface area contributed by atoms with Gasteiger partial charge in [0, 0.05) is 35.5 Å². The number of nitrogens with one attached hydrogen (secondary N) is 2. The third kappa shape index (κ3) is 4.25. The first-order valence-electron chi connectivity index (χ1n) is 10.7. The van der Waals surface area contributed by atoms with Gasteiger partial charge in [0.2, 0.25) is 0 Å². The lowest BCUT2D eigenvalue weighted by Gasteiger charge is -2.31. The van der Waals surface area contributed by atoms with Crippen LogP contribution in [0.2, 0.25) is 0 Å². The van der Waals surface area contributed by atoms with Crippen molar-refractivity contribution in [2.45, 2.75) is 30.2 Å². The van der Waals surface area contributed by atoms with Crippen LogP contribution < -0.4 is 4.72 Å². The maximum Gasteiger partial charge on any atom is 0.256 e. The summed E-state index contributed by atoms with van der Waals surface area (Å²) in [5.74, 6) is -0.0427. The Hall–Kier alpha value is -2.82. The molecule has 1 fully saturated rings. The number of fused-ring (bicyclic) bond motifs is 2. The van der Waals surface area contributed by atoms with E-state index in [0.29, 0.717) is 24.2 Å². The molecule has 0 spiro atoms. The summed E-state index contributed by atoms with van der Waals surface area (Å²) in [5, 5.41) is 5.96. The van der Waals surface area contributed by atoms with E-state index < -0.39 is 10.0 Å². The highest BCUT2D eigenvalue weighted by atomic mass is 32.2. The van der Waals surface area contributed by atoms with Crippen LogP contribution >= 0.6 is 0 Å². The van der Waals surface area contributed by atoms with Crippen molar-refractivity contribution in [2.75, 3.05) is 26.2 Å². The van der Waals surface area contributed by atoms with Crippen LogP contribution in [0.3, 0.4) is 0 Å². The van der Waals surface area contributed by atoms with E-state index in [1.54, 1.807) is 24.4 Å². The normalized spacial score (nSPS) is 16.3. The summed E-state index contributed by atoms with van der Waals surface area (Å²) in [7, 11) is -3.60. The van der Waals surface area contributed by atoms with Gasteiger partial charge in [0.1, 0.15) is 16.5 Å². The van der Waals surface area contributed by atoms with Crippen molar-refractivity contribution in [3.63, 3.8) is 0 Å². The van der Waals surface area contributed by atoms with E-state index >= 15 is 0 Å². The molecule has 4 aromatic rings. The average molecular weight is 458 g/mol. The van der Waals surface area contributed by atoms with Crippen LogP contribution in [0.1, 0.15) is 30.9 Å². The third-order valence-corrected chi connectivity index (χ3v) is 7.42. The van der Waals surface area contributed by atoms with Gasteiger partial charge in [-0.15, -0.1) is 0 Å². The van der Waals surface area contributed by atoms with Gasteiger partial charge >= 0.3 is 0 Å². The molecule has 0 atom stereocenters. The number of H-pyrrole nitrogens is 1. The summed E-state index contributed by atoms with van der Waals surface area (Å²) in [6, 6.07) is 9.73. The van der Waals surface area contributed by atoms with E-state index in [9.17, 15) is 12.8 Å². The lowest BCUT2D eigenvalue weighted by atomic mass is 9.91. The zero-order valence-corrected chi connectivity index (χ0v) is 18.2. The number of nitrogens with zero attached hydrogens (tertiary/aromatic N) is 3. The van der Waals surface area contributed by atoms with Crippen LogP contribution in [0.25, 0.3) is 22.0 Å². The predicted octanol–water partition coefficient (Wildman–Crippen LogP) is 3.39. The highest BCUT2D eigenvalue weighted by Crippen LogP contribution is 2.32. The quantitative estimate of drug-likeness (QED) is 0.412. The fraction of sp³-hybridized carbons (Fsp3) is 0.364. The van der Waals surface area contributed by atoms with Gasteiger partial charge in [0.05, 0.1) is 5.69 Å². The smallest absolute Gasteiger partial charge is 0.256 e. The van der Waals surface area contributed by atoms with Crippen LogP contribution in [-0.4, -0.2) is 54.6 Å². The molecule has 0 unspecified atom stereocenters. The molecule has 10 heteroatoms. The Morgan fingerprint density at radius 1 is 1.22 bits per heavy atom. The molecule has 0 radical (unpaired) electrons. The first-order chi connectivity index (χ1) is 15.5. The summed E-state index contributed by atoms with van der Waals surface area (Å²) in [4.78, 5) is 9.32. The number of pyridine rings is 1. The number of aromatic amines is 1. The van der Waals surface area contributed by atoms with Gasteiger partial charge in [-0.25, -0.2) is 22.5 Å². The standard InChI is InChI=1S/C22H24FN5O3S/c23-17-4-5-18-19(14-17)31-27-21(18)15-6-11-28(12-7-15)10-2-9-25-32(29,30)20-13-16-3-1-8-24-22(16)26-20/h1,3-5,8,13-15,25H,2,6-7,9-12H2,(H,24,26). The first kappa shape index (κ1) is 21.0. The Kier molecular flexibility index (Phi) is 5.66. The molecule has 1 aliphatic heterocycles. The van der Waals surface area contributed by atoms with Gasteiger partial charge in [0.15, 0.2) is 5.58 Å². The molecule has 5 rings (SSSR count). The van der Waals surface area contributed by atoms with Crippen LogP contribution in [0.4, 0.5) is 4.39 Å². The second kappa shape index (κ2) is 8.61. The zero-order chi connectivity index (χ0) is 22.1. The Morgan fingerprint density at radius 2 is 2.06 bits per heavy atom. The second-order valence-corrected chi connectivity index (χ2v) is 9.89. The Balaban J connectivity index is 1.10. The molecule has 32 heavy (non-hydrogen) atoms. The van der Waals surface area contributed by atoms with Gasteiger partial charge in [-0.2, -0.15) is 0 Å². The lowest BCUT2D eigenvalue weighted by molar-refractivity contribution is 0.207. The van der Waals surface area contributed by atoms with Crippen molar-refractivity contribution in [1.82, 2.24) is 24.7 Å². The van der Waals surface area contributed by atoms with Gasteiger partial charge in [-0.05, 0) is 69.2 Å². The summed E-state index contributed by atoms with van der Waals surface area (Å²) in [5.41, 5.74) is 1.95. The largest absolute Gasteiger partial charge is 0.356 e. The predicted molar refractivity (Wildman–Crippen MR) is 118 cm³/mol. The molecule has 0 aliphatic carbocycles. The maximum atomic E-state index is 13.4. The fourth-order valence-electron chi connectivity index (χ4n) is 4.32. The maximum absolute atomic E-state index is 13.4.